The fourth-order valence-corrected chi connectivity index (χ4v) is 1.98. The first-order valence-electron chi connectivity index (χ1n) is 6.08. The van der Waals surface area contributed by atoms with Gasteiger partial charge < -0.3 is 14.7 Å². The number of H-pyrrole nitrogens is 1. The van der Waals surface area contributed by atoms with Crippen LogP contribution in [0.4, 0.5) is 0 Å². The van der Waals surface area contributed by atoms with Gasteiger partial charge in [0.2, 0.25) is 0 Å². The predicted octanol–water partition coefficient (Wildman–Crippen LogP) is 2.49. The van der Waals surface area contributed by atoms with Gasteiger partial charge in [-0.3, -0.25) is 0 Å². The SMILES string of the molecule is c1ccc2oc(CNCCc3ncc[nH]3)cc2c1. The summed E-state index contributed by atoms with van der Waals surface area (Å²) >= 11 is 0. The van der Waals surface area contributed by atoms with Crippen LogP contribution in [-0.4, -0.2) is 16.5 Å². The summed E-state index contributed by atoms with van der Waals surface area (Å²) in [6.07, 6.45) is 4.51. The molecule has 18 heavy (non-hydrogen) atoms. The molecule has 2 heterocycles. The number of para-hydroxylation sites is 1. The molecule has 0 saturated heterocycles. The number of hydrogen-bond acceptors (Lipinski definition) is 3. The van der Waals surface area contributed by atoms with Crippen LogP contribution < -0.4 is 5.32 Å². The highest BCUT2D eigenvalue weighted by atomic mass is 16.3. The van der Waals surface area contributed by atoms with E-state index in [9.17, 15) is 0 Å². The highest BCUT2D eigenvalue weighted by molar-refractivity contribution is 5.77. The molecule has 0 spiro atoms. The molecule has 0 atom stereocenters. The molecule has 2 aromatic heterocycles. The molecule has 3 aromatic rings. The zero-order chi connectivity index (χ0) is 12.2. The van der Waals surface area contributed by atoms with Gasteiger partial charge in [-0.15, -0.1) is 0 Å². The monoisotopic (exact) mass is 241 g/mol. The van der Waals surface area contributed by atoms with Gasteiger partial charge in [0, 0.05) is 30.7 Å². The van der Waals surface area contributed by atoms with Gasteiger partial charge in [0.1, 0.15) is 17.2 Å². The Morgan fingerprint density at radius 1 is 1.28 bits per heavy atom. The quantitative estimate of drug-likeness (QED) is 0.675. The Kier molecular flexibility index (Phi) is 3.10. The highest BCUT2D eigenvalue weighted by Crippen LogP contribution is 2.18. The molecular formula is C14H15N3O. The molecule has 4 nitrogen and oxygen atoms in total. The summed E-state index contributed by atoms with van der Waals surface area (Å²) in [6.45, 7) is 1.62. The van der Waals surface area contributed by atoms with E-state index >= 15 is 0 Å². The number of fused-ring (bicyclic) bond motifs is 1. The van der Waals surface area contributed by atoms with Crippen molar-refractivity contribution in [3.05, 3.63) is 54.3 Å². The Bertz CT molecular complexity index is 580. The number of aromatic amines is 1. The lowest BCUT2D eigenvalue weighted by molar-refractivity contribution is 0.514. The summed E-state index contributed by atoms with van der Waals surface area (Å²) in [5.41, 5.74) is 0.945. The lowest BCUT2D eigenvalue weighted by atomic mass is 10.2. The lowest BCUT2D eigenvalue weighted by Crippen LogP contribution is -2.16. The fourth-order valence-electron chi connectivity index (χ4n) is 1.98. The summed E-state index contributed by atoms with van der Waals surface area (Å²) in [7, 11) is 0. The van der Waals surface area contributed by atoms with Crippen LogP contribution in [0.2, 0.25) is 0 Å². The number of rotatable bonds is 5. The van der Waals surface area contributed by atoms with Crippen molar-refractivity contribution in [2.24, 2.45) is 0 Å². The molecule has 0 radical (unpaired) electrons. The van der Waals surface area contributed by atoms with Crippen LogP contribution in [-0.2, 0) is 13.0 Å². The van der Waals surface area contributed by atoms with E-state index in [2.05, 4.69) is 27.4 Å². The third kappa shape index (κ3) is 2.43. The van der Waals surface area contributed by atoms with E-state index < -0.39 is 0 Å². The summed E-state index contributed by atoms with van der Waals surface area (Å²) < 4.78 is 5.72. The fraction of sp³-hybridized carbons (Fsp3) is 0.214. The zero-order valence-corrected chi connectivity index (χ0v) is 10.0. The van der Waals surface area contributed by atoms with Crippen molar-refractivity contribution >= 4 is 11.0 Å². The molecule has 0 bridgehead atoms. The molecule has 1 aromatic carbocycles. The Morgan fingerprint density at radius 2 is 2.22 bits per heavy atom. The molecule has 0 amide bonds. The molecule has 0 fully saturated rings. The van der Waals surface area contributed by atoms with Crippen LogP contribution in [0.3, 0.4) is 0 Å². The van der Waals surface area contributed by atoms with Crippen molar-refractivity contribution in [2.75, 3.05) is 6.54 Å². The van der Waals surface area contributed by atoms with Crippen molar-refractivity contribution in [2.45, 2.75) is 13.0 Å². The lowest BCUT2D eigenvalue weighted by Gasteiger charge is -2.00. The molecule has 3 rings (SSSR count). The van der Waals surface area contributed by atoms with Crippen LogP contribution in [0.5, 0.6) is 0 Å². The van der Waals surface area contributed by atoms with E-state index in [4.69, 9.17) is 4.42 Å². The average molecular weight is 241 g/mol. The molecular weight excluding hydrogens is 226 g/mol. The third-order valence-corrected chi connectivity index (χ3v) is 2.87. The molecule has 0 aliphatic rings. The van der Waals surface area contributed by atoms with Gasteiger partial charge in [0.05, 0.1) is 6.54 Å². The van der Waals surface area contributed by atoms with Crippen LogP contribution in [0.25, 0.3) is 11.0 Å². The van der Waals surface area contributed by atoms with Gasteiger partial charge in [-0.25, -0.2) is 4.98 Å². The number of benzene rings is 1. The molecule has 0 unspecified atom stereocenters. The Hall–Kier alpha value is -2.07. The first-order valence-corrected chi connectivity index (χ1v) is 6.08. The third-order valence-electron chi connectivity index (χ3n) is 2.87. The van der Waals surface area contributed by atoms with Gasteiger partial charge in [-0.05, 0) is 12.1 Å². The Balaban J connectivity index is 1.53. The topological polar surface area (TPSA) is 53.9 Å². The average Bonchev–Trinajstić information content (AvgIpc) is 3.03. The van der Waals surface area contributed by atoms with Gasteiger partial charge in [-0.1, -0.05) is 18.2 Å². The largest absolute Gasteiger partial charge is 0.460 e. The minimum Gasteiger partial charge on any atom is -0.460 e. The summed E-state index contributed by atoms with van der Waals surface area (Å²) in [4.78, 5) is 7.26. The minimum absolute atomic E-state index is 0.745. The van der Waals surface area contributed by atoms with Crippen molar-refractivity contribution in [1.29, 1.82) is 0 Å². The summed E-state index contributed by atoms with van der Waals surface area (Å²) in [6, 6.07) is 10.1. The van der Waals surface area contributed by atoms with Crippen molar-refractivity contribution in [3.8, 4) is 0 Å². The first-order chi connectivity index (χ1) is 8.92. The van der Waals surface area contributed by atoms with E-state index in [0.717, 1.165) is 42.1 Å². The highest BCUT2D eigenvalue weighted by Gasteiger charge is 2.02. The number of furan rings is 1. The maximum absolute atomic E-state index is 5.72. The Labute approximate surface area is 105 Å². The van der Waals surface area contributed by atoms with E-state index in [0.29, 0.717) is 0 Å². The summed E-state index contributed by atoms with van der Waals surface area (Å²) in [5.74, 6) is 1.97. The van der Waals surface area contributed by atoms with Crippen LogP contribution in [0, 0.1) is 0 Å². The van der Waals surface area contributed by atoms with E-state index in [1.165, 1.54) is 0 Å². The minimum atomic E-state index is 0.745. The van der Waals surface area contributed by atoms with Crippen LogP contribution in [0.1, 0.15) is 11.6 Å². The smallest absolute Gasteiger partial charge is 0.134 e. The molecule has 4 heteroatoms. The van der Waals surface area contributed by atoms with Crippen LogP contribution in [0.15, 0.2) is 47.1 Å². The first kappa shape index (κ1) is 11.0. The van der Waals surface area contributed by atoms with Crippen LogP contribution >= 0.6 is 0 Å². The number of aromatic nitrogens is 2. The number of hydrogen-bond donors (Lipinski definition) is 2. The molecule has 2 N–H and O–H groups in total. The number of imidazole rings is 1. The maximum atomic E-state index is 5.72. The molecule has 0 saturated carbocycles. The van der Waals surface area contributed by atoms with Crippen molar-refractivity contribution in [3.63, 3.8) is 0 Å². The summed E-state index contributed by atoms with van der Waals surface area (Å²) in [5, 5.41) is 4.50. The molecule has 92 valence electrons. The number of nitrogens with zero attached hydrogens (tertiary/aromatic N) is 1. The van der Waals surface area contributed by atoms with Crippen molar-refractivity contribution < 1.29 is 4.42 Å². The molecule has 0 aliphatic heterocycles. The molecule has 0 aliphatic carbocycles. The van der Waals surface area contributed by atoms with Gasteiger partial charge in [-0.2, -0.15) is 0 Å². The van der Waals surface area contributed by atoms with Gasteiger partial charge in [0.15, 0.2) is 0 Å². The zero-order valence-electron chi connectivity index (χ0n) is 10.0. The number of nitrogens with one attached hydrogen (secondary N) is 2. The van der Waals surface area contributed by atoms with Gasteiger partial charge in [0.25, 0.3) is 0 Å². The van der Waals surface area contributed by atoms with E-state index in [1.807, 2.05) is 24.4 Å². The van der Waals surface area contributed by atoms with Gasteiger partial charge >= 0.3 is 0 Å². The normalized spacial score (nSPS) is 11.1. The van der Waals surface area contributed by atoms with E-state index in [1.54, 1.807) is 6.20 Å². The second-order valence-corrected chi connectivity index (χ2v) is 4.21. The maximum Gasteiger partial charge on any atom is 0.134 e. The second-order valence-electron chi connectivity index (χ2n) is 4.21. The van der Waals surface area contributed by atoms with Crippen molar-refractivity contribution in [1.82, 2.24) is 15.3 Å². The Morgan fingerprint density at radius 3 is 3.06 bits per heavy atom. The van der Waals surface area contributed by atoms with E-state index in [-0.39, 0.29) is 0 Å². The second kappa shape index (κ2) is 5.06. The predicted molar refractivity (Wildman–Crippen MR) is 70.2 cm³/mol. The standard InChI is InChI=1S/C14H15N3O/c1-2-4-13-11(3-1)9-12(18-13)10-15-6-5-14-16-7-8-17-14/h1-4,7-9,15H,5-6,10H2,(H,16,17).